The zero-order valence-electron chi connectivity index (χ0n) is 12.9. The van der Waals surface area contributed by atoms with Crippen molar-refractivity contribution in [3.63, 3.8) is 0 Å². The highest BCUT2D eigenvalue weighted by atomic mass is 16.5. The number of methoxy groups -OCH3 is 2. The Bertz CT molecular complexity index is 450. The molecule has 20 heavy (non-hydrogen) atoms. The first kappa shape index (κ1) is 15.1. The lowest BCUT2D eigenvalue weighted by molar-refractivity contribution is 0.127. The molecule has 3 atom stereocenters. The summed E-state index contributed by atoms with van der Waals surface area (Å²) in [5.74, 6) is 2.37. The quantitative estimate of drug-likeness (QED) is 0.919. The highest BCUT2D eigenvalue weighted by molar-refractivity contribution is 5.42. The average molecular weight is 278 g/mol. The second-order valence-corrected chi connectivity index (χ2v) is 5.71. The van der Waals surface area contributed by atoms with Gasteiger partial charge in [-0.15, -0.1) is 0 Å². The Morgan fingerprint density at radius 2 is 2.05 bits per heavy atom. The Morgan fingerprint density at radius 1 is 1.30 bits per heavy atom. The molecule has 1 aromatic carbocycles. The van der Waals surface area contributed by atoms with E-state index in [-0.39, 0.29) is 12.1 Å². The molecule has 1 heterocycles. The number of hydrogen-bond acceptors (Lipinski definition) is 4. The van der Waals surface area contributed by atoms with Crippen molar-refractivity contribution in [2.45, 2.75) is 32.4 Å². The van der Waals surface area contributed by atoms with E-state index in [1.807, 2.05) is 12.1 Å². The van der Waals surface area contributed by atoms with Crippen LogP contribution in [-0.2, 0) is 0 Å². The third-order valence-corrected chi connectivity index (χ3v) is 4.48. The molecule has 0 radical (unpaired) electrons. The van der Waals surface area contributed by atoms with Crippen LogP contribution in [0.15, 0.2) is 18.2 Å². The van der Waals surface area contributed by atoms with E-state index in [2.05, 4.69) is 24.8 Å². The molecule has 1 aliphatic heterocycles. The normalized spacial score (nSPS) is 25.2. The van der Waals surface area contributed by atoms with Crippen LogP contribution >= 0.6 is 0 Å². The summed E-state index contributed by atoms with van der Waals surface area (Å²) in [7, 11) is 3.40. The lowest BCUT2D eigenvalue weighted by Crippen LogP contribution is -2.48. The predicted molar refractivity (Wildman–Crippen MR) is 81.3 cm³/mol. The monoisotopic (exact) mass is 278 g/mol. The third kappa shape index (κ3) is 3.07. The van der Waals surface area contributed by atoms with Crippen molar-refractivity contribution in [3.05, 3.63) is 23.8 Å². The van der Waals surface area contributed by atoms with Crippen LogP contribution < -0.4 is 15.2 Å². The maximum Gasteiger partial charge on any atom is 0.123 e. The molecule has 3 unspecified atom stereocenters. The van der Waals surface area contributed by atoms with Gasteiger partial charge in [0.15, 0.2) is 0 Å². The Labute approximate surface area is 121 Å². The number of nitrogens with zero attached hydrogens (tertiary/aromatic N) is 1. The number of likely N-dealkylation sites (tertiary alicyclic amines) is 1. The van der Waals surface area contributed by atoms with Crippen molar-refractivity contribution >= 4 is 0 Å². The van der Waals surface area contributed by atoms with Gasteiger partial charge < -0.3 is 15.2 Å². The minimum absolute atomic E-state index is 0.253. The zero-order chi connectivity index (χ0) is 14.7. The number of hydrogen-bond donors (Lipinski definition) is 1. The minimum atomic E-state index is 0.253. The molecule has 1 fully saturated rings. The highest BCUT2D eigenvalue weighted by Gasteiger charge is 2.28. The van der Waals surface area contributed by atoms with Crippen molar-refractivity contribution in [1.29, 1.82) is 0 Å². The maximum absolute atomic E-state index is 6.21. The number of rotatable bonds is 4. The average Bonchev–Trinajstić information content (AvgIpc) is 2.48. The lowest BCUT2D eigenvalue weighted by Gasteiger charge is -2.39. The molecule has 2 N–H and O–H groups in total. The van der Waals surface area contributed by atoms with Gasteiger partial charge in [-0.1, -0.05) is 6.92 Å². The van der Waals surface area contributed by atoms with Gasteiger partial charge in [0.1, 0.15) is 11.5 Å². The van der Waals surface area contributed by atoms with Gasteiger partial charge in [-0.25, -0.2) is 0 Å². The van der Waals surface area contributed by atoms with Crippen LogP contribution in [0.2, 0.25) is 0 Å². The Balaban J connectivity index is 2.21. The van der Waals surface area contributed by atoms with Crippen LogP contribution in [0.4, 0.5) is 0 Å². The summed E-state index contributed by atoms with van der Waals surface area (Å²) < 4.78 is 10.8. The van der Waals surface area contributed by atoms with Gasteiger partial charge in [0.2, 0.25) is 0 Å². The fourth-order valence-electron chi connectivity index (χ4n) is 2.84. The van der Waals surface area contributed by atoms with Gasteiger partial charge in [0.05, 0.1) is 14.2 Å². The van der Waals surface area contributed by atoms with Gasteiger partial charge >= 0.3 is 0 Å². The lowest BCUT2D eigenvalue weighted by atomic mass is 9.92. The largest absolute Gasteiger partial charge is 0.497 e. The molecule has 0 aromatic heterocycles. The van der Waals surface area contributed by atoms with Crippen molar-refractivity contribution < 1.29 is 9.47 Å². The number of benzene rings is 1. The molecule has 4 nitrogen and oxygen atoms in total. The molecule has 0 aliphatic carbocycles. The topological polar surface area (TPSA) is 47.7 Å². The molecule has 4 heteroatoms. The molecule has 1 saturated heterocycles. The van der Waals surface area contributed by atoms with Crippen molar-refractivity contribution in [1.82, 2.24) is 4.90 Å². The summed E-state index contributed by atoms with van der Waals surface area (Å²) in [5, 5.41) is 0. The van der Waals surface area contributed by atoms with E-state index in [0.29, 0.717) is 5.92 Å². The standard InChI is InChI=1S/C16H26N2O2/c1-11-7-8-18(10-15(11)17)12(2)14-9-13(19-3)5-6-16(14)20-4/h5-6,9,11-12,15H,7-8,10,17H2,1-4H3. The van der Waals surface area contributed by atoms with Crippen molar-refractivity contribution in [3.8, 4) is 11.5 Å². The Kier molecular flexibility index (Phi) is 4.89. The third-order valence-electron chi connectivity index (χ3n) is 4.48. The summed E-state index contributed by atoms with van der Waals surface area (Å²) in [6.07, 6.45) is 1.15. The first-order valence-electron chi connectivity index (χ1n) is 7.28. The Morgan fingerprint density at radius 3 is 2.65 bits per heavy atom. The van der Waals surface area contributed by atoms with E-state index in [1.165, 1.54) is 0 Å². The van der Waals surface area contributed by atoms with E-state index in [4.69, 9.17) is 15.2 Å². The molecular weight excluding hydrogens is 252 g/mol. The molecule has 0 amide bonds. The smallest absolute Gasteiger partial charge is 0.123 e. The second-order valence-electron chi connectivity index (χ2n) is 5.71. The van der Waals surface area contributed by atoms with Crippen LogP contribution in [0.25, 0.3) is 0 Å². The number of piperidine rings is 1. The molecular formula is C16H26N2O2. The van der Waals surface area contributed by atoms with Gasteiger partial charge in [-0.05, 0) is 44.0 Å². The van der Waals surface area contributed by atoms with E-state index < -0.39 is 0 Å². The van der Waals surface area contributed by atoms with E-state index >= 15 is 0 Å². The van der Waals surface area contributed by atoms with E-state index in [9.17, 15) is 0 Å². The van der Waals surface area contributed by atoms with E-state index in [1.54, 1.807) is 14.2 Å². The molecule has 0 spiro atoms. The fourth-order valence-corrected chi connectivity index (χ4v) is 2.84. The Hall–Kier alpha value is -1.26. The molecule has 112 valence electrons. The number of ether oxygens (including phenoxy) is 2. The van der Waals surface area contributed by atoms with E-state index in [0.717, 1.165) is 36.6 Å². The first-order valence-corrected chi connectivity index (χ1v) is 7.28. The van der Waals surface area contributed by atoms with Crippen molar-refractivity contribution in [2.24, 2.45) is 11.7 Å². The van der Waals surface area contributed by atoms with Crippen LogP contribution in [0, 0.1) is 5.92 Å². The van der Waals surface area contributed by atoms with Crippen LogP contribution in [0.3, 0.4) is 0 Å². The van der Waals surface area contributed by atoms with Crippen LogP contribution in [-0.4, -0.2) is 38.3 Å². The van der Waals surface area contributed by atoms with Gasteiger partial charge in [0.25, 0.3) is 0 Å². The maximum atomic E-state index is 6.21. The van der Waals surface area contributed by atoms with Gasteiger partial charge in [-0.3, -0.25) is 4.90 Å². The van der Waals surface area contributed by atoms with Crippen LogP contribution in [0.1, 0.15) is 31.9 Å². The second kappa shape index (κ2) is 6.46. The molecule has 2 rings (SSSR count). The summed E-state index contributed by atoms with van der Waals surface area (Å²) in [6.45, 7) is 6.46. The summed E-state index contributed by atoms with van der Waals surface area (Å²) in [4.78, 5) is 2.43. The summed E-state index contributed by atoms with van der Waals surface area (Å²) in [6, 6.07) is 6.49. The SMILES string of the molecule is COc1ccc(OC)c(C(C)N2CCC(C)C(N)C2)c1. The van der Waals surface area contributed by atoms with Crippen LogP contribution in [0.5, 0.6) is 11.5 Å². The van der Waals surface area contributed by atoms with Gasteiger partial charge in [0, 0.05) is 24.2 Å². The molecule has 0 bridgehead atoms. The first-order chi connectivity index (χ1) is 9.56. The molecule has 1 aromatic rings. The summed E-state index contributed by atoms with van der Waals surface area (Å²) in [5.41, 5.74) is 7.37. The number of nitrogens with two attached hydrogens (primary N) is 1. The molecule has 0 saturated carbocycles. The molecule has 1 aliphatic rings. The summed E-state index contributed by atoms with van der Waals surface area (Å²) >= 11 is 0. The van der Waals surface area contributed by atoms with Crippen molar-refractivity contribution in [2.75, 3.05) is 27.3 Å². The fraction of sp³-hybridized carbons (Fsp3) is 0.625. The predicted octanol–water partition coefficient (Wildman–Crippen LogP) is 2.43. The van der Waals surface area contributed by atoms with Gasteiger partial charge in [-0.2, -0.15) is 0 Å². The minimum Gasteiger partial charge on any atom is -0.497 e. The highest BCUT2D eigenvalue weighted by Crippen LogP contribution is 2.34. The zero-order valence-corrected chi connectivity index (χ0v) is 12.9.